The SMILES string of the molecule is CC#N.FOB(OF)OF. The molecule has 8 heteroatoms. The van der Waals surface area contributed by atoms with Crippen molar-refractivity contribution in [3.05, 3.63) is 0 Å². The first-order chi connectivity index (χ1) is 4.76. The van der Waals surface area contributed by atoms with Gasteiger partial charge in [0.05, 0.1) is 6.07 Å². The largest absolute Gasteiger partial charge is 0.737 e. The van der Waals surface area contributed by atoms with Gasteiger partial charge in [-0.15, -0.1) is 0 Å². The lowest BCUT2D eigenvalue weighted by molar-refractivity contribution is -0.190. The van der Waals surface area contributed by atoms with Gasteiger partial charge < -0.3 is 0 Å². The summed E-state index contributed by atoms with van der Waals surface area (Å²) in [7, 11) is -2.51. The molecule has 58 valence electrons. The molecule has 0 N–H and O–H groups in total. The van der Waals surface area contributed by atoms with Crippen LogP contribution in [-0.4, -0.2) is 7.32 Å². The fourth-order valence-electron chi connectivity index (χ4n) is 0.0412. The summed E-state index contributed by atoms with van der Waals surface area (Å²) in [6.45, 7) is 1.43. The predicted octanol–water partition coefficient (Wildman–Crippen LogP) is 1.20. The normalized spacial score (nSPS) is 7.10. The maximum absolute atomic E-state index is 10.4. The van der Waals surface area contributed by atoms with E-state index >= 15 is 0 Å². The number of hydrogen-bond donors (Lipinski definition) is 0. The van der Waals surface area contributed by atoms with Gasteiger partial charge in [0.25, 0.3) is 0 Å². The average Bonchev–Trinajstić information content (AvgIpc) is 1.93. The lowest BCUT2D eigenvalue weighted by Crippen LogP contribution is -2.15. The van der Waals surface area contributed by atoms with Crippen molar-refractivity contribution in [2.45, 2.75) is 6.92 Å². The zero-order chi connectivity index (χ0) is 8.41. The Bertz CT molecular complexity index is 88.7. The van der Waals surface area contributed by atoms with Gasteiger partial charge in [-0.25, -0.2) is 0 Å². The molecule has 0 aliphatic rings. The summed E-state index contributed by atoms with van der Waals surface area (Å²) >= 11 is 0. The van der Waals surface area contributed by atoms with Gasteiger partial charge in [0.2, 0.25) is 0 Å². The molecule has 0 radical (unpaired) electrons. The Labute approximate surface area is 55.0 Å². The summed E-state index contributed by atoms with van der Waals surface area (Å²) in [4.78, 5) is 7.06. The molecule has 0 fully saturated rings. The molecule has 0 heterocycles. The van der Waals surface area contributed by atoms with E-state index in [0.717, 1.165) is 0 Å². The van der Waals surface area contributed by atoms with E-state index in [9.17, 15) is 13.6 Å². The Morgan fingerprint density at radius 1 is 1.20 bits per heavy atom. The van der Waals surface area contributed by atoms with Gasteiger partial charge in [0, 0.05) is 6.92 Å². The molecular formula is C2H3BF3NO3. The van der Waals surface area contributed by atoms with E-state index in [0.29, 0.717) is 0 Å². The Balaban J connectivity index is 0. The summed E-state index contributed by atoms with van der Waals surface area (Å²) in [5, 5.41) is 7.32. The first kappa shape index (κ1) is 12.0. The molecule has 0 aromatic carbocycles. The molecule has 0 spiro atoms. The highest BCUT2D eigenvalue weighted by Crippen LogP contribution is 1.91. The second kappa shape index (κ2) is 11.1. The first-order valence-electron chi connectivity index (χ1n) is 1.89. The zero-order valence-electron chi connectivity index (χ0n) is 4.88. The van der Waals surface area contributed by atoms with Crippen LogP contribution in [0.5, 0.6) is 0 Å². The van der Waals surface area contributed by atoms with E-state index in [4.69, 9.17) is 5.26 Å². The van der Waals surface area contributed by atoms with Gasteiger partial charge in [-0.3, -0.25) is 0 Å². The summed E-state index contributed by atoms with van der Waals surface area (Å²) in [5.41, 5.74) is 0. The monoisotopic (exact) mass is 157 g/mol. The minimum Gasteiger partial charge on any atom is -0.199 e. The van der Waals surface area contributed by atoms with Crippen molar-refractivity contribution < 1.29 is 28.2 Å². The van der Waals surface area contributed by atoms with Crippen LogP contribution in [0, 0.1) is 11.3 Å². The second-order valence-electron chi connectivity index (χ2n) is 0.780. The first-order valence-corrected chi connectivity index (χ1v) is 1.89. The average molecular weight is 157 g/mol. The van der Waals surface area contributed by atoms with E-state index in [2.05, 4.69) is 14.6 Å². The van der Waals surface area contributed by atoms with Crippen molar-refractivity contribution in [3.63, 3.8) is 0 Å². The third kappa shape index (κ3) is 10.3. The Morgan fingerprint density at radius 2 is 1.40 bits per heavy atom. The zero-order valence-corrected chi connectivity index (χ0v) is 4.88. The van der Waals surface area contributed by atoms with Crippen LogP contribution in [0.1, 0.15) is 6.92 Å². The summed E-state index contributed by atoms with van der Waals surface area (Å²) in [6.07, 6.45) is 0. The van der Waals surface area contributed by atoms with Crippen LogP contribution in [0.15, 0.2) is 0 Å². The van der Waals surface area contributed by atoms with E-state index in [1.165, 1.54) is 6.92 Å². The van der Waals surface area contributed by atoms with Crippen molar-refractivity contribution in [1.82, 2.24) is 0 Å². The fraction of sp³-hybridized carbons (Fsp3) is 0.500. The minimum atomic E-state index is -2.51. The van der Waals surface area contributed by atoms with E-state index in [-0.39, 0.29) is 0 Å². The fourth-order valence-corrected chi connectivity index (χ4v) is 0.0412. The molecular weight excluding hydrogens is 154 g/mol. The van der Waals surface area contributed by atoms with Crippen LogP contribution >= 0.6 is 0 Å². The van der Waals surface area contributed by atoms with Crippen LogP contribution in [0.4, 0.5) is 13.6 Å². The van der Waals surface area contributed by atoms with Gasteiger partial charge in [0.15, 0.2) is 0 Å². The highest BCUT2D eigenvalue weighted by Gasteiger charge is 2.24. The topological polar surface area (TPSA) is 51.5 Å². The molecule has 0 unspecified atom stereocenters. The number of rotatable bonds is 3. The van der Waals surface area contributed by atoms with Crippen molar-refractivity contribution in [3.8, 4) is 6.07 Å². The molecule has 10 heavy (non-hydrogen) atoms. The molecule has 0 aliphatic heterocycles. The molecule has 0 saturated heterocycles. The Morgan fingerprint density at radius 3 is 1.40 bits per heavy atom. The Hall–Kier alpha value is -0.775. The van der Waals surface area contributed by atoms with Crippen molar-refractivity contribution in [2.75, 3.05) is 0 Å². The summed E-state index contributed by atoms with van der Waals surface area (Å²) in [5.74, 6) is 0. The third-order valence-electron chi connectivity index (χ3n) is 0.218. The molecule has 4 nitrogen and oxygen atoms in total. The van der Waals surface area contributed by atoms with Crippen LogP contribution < -0.4 is 0 Å². The highest BCUT2D eigenvalue weighted by atomic mass is 19.3. The molecule has 0 saturated carbocycles. The van der Waals surface area contributed by atoms with E-state index in [1.807, 2.05) is 0 Å². The predicted molar refractivity (Wildman–Crippen MR) is 23.6 cm³/mol. The number of hydrogen-bond acceptors (Lipinski definition) is 4. The van der Waals surface area contributed by atoms with Gasteiger partial charge in [-0.1, -0.05) is 13.6 Å². The number of halogens is 3. The molecule has 0 aromatic heterocycles. The van der Waals surface area contributed by atoms with Gasteiger partial charge in [-0.2, -0.15) is 19.8 Å². The third-order valence-corrected chi connectivity index (χ3v) is 0.218. The van der Waals surface area contributed by atoms with Crippen LogP contribution in [0.3, 0.4) is 0 Å². The maximum atomic E-state index is 10.4. The van der Waals surface area contributed by atoms with Crippen LogP contribution in [0.2, 0.25) is 0 Å². The smallest absolute Gasteiger partial charge is 0.199 e. The number of nitrogens with zero attached hydrogens (tertiary/aromatic N) is 1. The molecule has 0 atom stereocenters. The molecule has 0 rings (SSSR count). The van der Waals surface area contributed by atoms with Crippen molar-refractivity contribution >= 4 is 7.32 Å². The van der Waals surface area contributed by atoms with Crippen molar-refractivity contribution in [1.29, 1.82) is 5.26 Å². The summed E-state index contributed by atoms with van der Waals surface area (Å²) in [6, 6.07) is 1.75. The summed E-state index contributed by atoms with van der Waals surface area (Å²) < 4.78 is 31.3. The van der Waals surface area contributed by atoms with E-state index in [1.54, 1.807) is 6.07 Å². The van der Waals surface area contributed by atoms with Crippen molar-refractivity contribution in [2.24, 2.45) is 0 Å². The van der Waals surface area contributed by atoms with Gasteiger partial charge in [0.1, 0.15) is 0 Å². The van der Waals surface area contributed by atoms with Gasteiger partial charge in [-0.05, 0) is 0 Å². The van der Waals surface area contributed by atoms with E-state index < -0.39 is 7.32 Å². The van der Waals surface area contributed by atoms with Crippen LogP contribution in [0.25, 0.3) is 0 Å². The van der Waals surface area contributed by atoms with Gasteiger partial charge >= 0.3 is 7.32 Å². The quantitative estimate of drug-likeness (QED) is 0.577. The highest BCUT2D eigenvalue weighted by molar-refractivity contribution is 6.35. The number of nitriles is 1. The molecule has 0 aliphatic carbocycles. The minimum absolute atomic E-state index is 1.43. The standard InChI is InChI=1S/C2H3N.BF3O3/c1-2-3;2-5-1(6-3)7-4/h1H3;. The molecule has 0 aromatic rings. The second-order valence-corrected chi connectivity index (χ2v) is 0.780. The Kier molecular flexibility index (Phi) is 13.2. The molecule has 0 bridgehead atoms. The lowest BCUT2D eigenvalue weighted by atomic mass is 10.3. The lowest BCUT2D eigenvalue weighted by Gasteiger charge is -1.88. The maximum Gasteiger partial charge on any atom is 0.737 e. The van der Waals surface area contributed by atoms with Crippen LogP contribution in [-0.2, 0) is 14.6 Å². The molecule has 0 amide bonds.